The Labute approximate surface area is 124 Å². The highest BCUT2D eigenvalue weighted by atomic mass is 32.2. The third-order valence-corrected chi connectivity index (χ3v) is 5.98. The second kappa shape index (κ2) is 6.64. The quantitative estimate of drug-likeness (QED) is 0.833. The first kappa shape index (κ1) is 15.4. The lowest BCUT2D eigenvalue weighted by atomic mass is 10.2. The Morgan fingerprint density at radius 1 is 1.50 bits per heavy atom. The number of aliphatic hydroxyl groups excluding tert-OH is 1. The zero-order valence-corrected chi connectivity index (χ0v) is 12.9. The van der Waals surface area contributed by atoms with Crippen LogP contribution < -0.4 is 0 Å². The second-order valence-corrected chi connectivity index (χ2v) is 8.02. The van der Waals surface area contributed by atoms with Gasteiger partial charge in [0.2, 0.25) is 10.0 Å². The number of hydrogen-bond acceptors (Lipinski definition) is 4. The number of benzene rings is 1. The van der Waals surface area contributed by atoms with Gasteiger partial charge in [-0.2, -0.15) is 16.1 Å². The van der Waals surface area contributed by atoms with Crippen LogP contribution in [0, 0.1) is 11.8 Å². The number of thioether (sulfide) groups is 1. The van der Waals surface area contributed by atoms with Gasteiger partial charge in [0.25, 0.3) is 0 Å². The minimum absolute atomic E-state index is 0.238. The van der Waals surface area contributed by atoms with Crippen molar-refractivity contribution in [3.05, 3.63) is 29.8 Å². The van der Waals surface area contributed by atoms with Crippen molar-refractivity contribution in [2.24, 2.45) is 0 Å². The number of sulfonamides is 1. The lowest BCUT2D eigenvalue weighted by molar-refractivity contribution is 0.350. The Bertz CT molecular complexity index is 631. The molecule has 2 rings (SSSR count). The van der Waals surface area contributed by atoms with Crippen molar-refractivity contribution in [1.29, 1.82) is 0 Å². The van der Waals surface area contributed by atoms with Crippen LogP contribution in [0.5, 0.6) is 0 Å². The number of aliphatic hydroxyl groups is 1. The normalized spacial score (nSPS) is 20.2. The van der Waals surface area contributed by atoms with Gasteiger partial charge in [0.05, 0.1) is 4.90 Å². The maximum atomic E-state index is 12.6. The first-order chi connectivity index (χ1) is 9.54. The fourth-order valence-corrected chi connectivity index (χ4v) is 4.83. The van der Waals surface area contributed by atoms with E-state index in [0.29, 0.717) is 23.9 Å². The molecule has 0 saturated carbocycles. The lowest BCUT2D eigenvalue weighted by Crippen LogP contribution is -2.40. The first-order valence-electron chi connectivity index (χ1n) is 6.35. The van der Waals surface area contributed by atoms with Gasteiger partial charge in [-0.05, 0) is 18.2 Å². The molecule has 1 unspecified atom stereocenters. The summed E-state index contributed by atoms with van der Waals surface area (Å²) in [5, 5.41) is 9.00. The molecule has 1 heterocycles. The molecule has 108 valence electrons. The van der Waals surface area contributed by atoms with Crippen LogP contribution in [0.4, 0.5) is 0 Å². The smallest absolute Gasteiger partial charge is 0.243 e. The molecule has 1 aliphatic rings. The van der Waals surface area contributed by atoms with Gasteiger partial charge < -0.3 is 5.11 Å². The predicted octanol–water partition coefficient (Wildman–Crippen LogP) is 1.16. The van der Waals surface area contributed by atoms with Crippen LogP contribution in [0.1, 0.15) is 12.5 Å². The van der Waals surface area contributed by atoms with Crippen LogP contribution >= 0.6 is 11.8 Å². The molecule has 1 aromatic rings. The minimum atomic E-state index is -3.45. The zero-order valence-electron chi connectivity index (χ0n) is 11.2. The third kappa shape index (κ3) is 3.55. The van der Waals surface area contributed by atoms with E-state index in [-0.39, 0.29) is 11.5 Å². The molecule has 0 aliphatic carbocycles. The van der Waals surface area contributed by atoms with Crippen molar-refractivity contribution >= 4 is 21.8 Å². The van der Waals surface area contributed by atoms with E-state index >= 15 is 0 Å². The van der Waals surface area contributed by atoms with Gasteiger partial charge in [-0.1, -0.05) is 24.8 Å². The molecule has 20 heavy (non-hydrogen) atoms. The maximum Gasteiger partial charge on any atom is 0.243 e. The van der Waals surface area contributed by atoms with E-state index in [2.05, 4.69) is 11.8 Å². The average Bonchev–Trinajstić information content (AvgIpc) is 2.45. The molecule has 4 nitrogen and oxygen atoms in total. The predicted molar refractivity (Wildman–Crippen MR) is 81.1 cm³/mol. The highest BCUT2D eigenvalue weighted by Gasteiger charge is 2.28. The van der Waals surface area contributed by atoms with E-state index in [9.17, 15) is 8.42 Å². The standard InChI is InChI=1S/C14H17NO3S2/c1-12-11-15(7-9-19-12)20(17,18)14-6-2-4-13(10-14)5-3-8-16/h2,4,6,10,12,16H,7-9,11H2,1H3. The summed E-state index contributed by atoms with van der Waals surface area (Å²) in [6.07, 6.45) is 0. The Kier molecular flexibility index (Phi) is 5.11. The van der Waals surface area contributed by atoms with Gasteiger partial charge in [0.1, 0.15) is 6.61 Å². The summed E-state index contributed by atoms with van der Waals surface area (Å²) in [7, 11) is -3.45. The molecular formula is C14H17NO3S2. The molecule has 0 aromatic heterocycles. The van der Waals surface area contributed by atoms with E-state index < -0.39 is 10.0 Å². The highest BCUT2D eigenvalue weighted by Crippen LogP contribution is 2.24. The molecule has 0 bridgehead atoms. The van der Waals surface area contributed by atoms with E-state index in [1.165, 1.54) is 4.31 Å². The lowest BCUT2D eigenvalue weighted by Gasteiger charge is -2.29. The average molecular weight is 311 g/mol. The molecule has 6 heteroatoms. The summed E-state index contributed by atoms with van der Waals surface area (Å²) in [6.45, 7) is 2.89. The topological polar surface area (TPSA) is 57.6 Å². The molecule has 1 aliphatic heterocycles. The molecule has 0 radical (unpaired) electrons. The van der Waals surface area contributed by atoms with Crippen molar-refractivity contribution in [2.75, 3.05) is 25.4 Å². The van der Waals surface area contributed by atoms with Crippen LogP contribution in [0.3, 0.4) is 0 Å². The summed E-state index contributed by atoms with van der Waals surface area (Å²) in [6, 6.07) is 6.56. The molecule has 0 amide bonds. The molecule has 1 aromatic carbocycles. The van der Waals surface area contributed by atoms with E-state index in [1.54, 1.807) is 36.0 Å². The Morgan fingerprint density at radius 3 is 3.00 bits per heavy atom. The van der Waals surface area contributed by atoms with Crippen LogP contribution in [0.2, 0.25) is 0 Å². The molecule has 1 atom stereocenters. The van der Waals surface area contributed by atoms with Crippen molar-refractivity contribution in [1.82, 2.24) is 4.31 Å². The highest BCUT2D eigenvalue weighted by molar-refractivity contribution is 8.00. The molecular weight excluding hydrogens is 294 g/mol. The SMILES string of the molecule is CC1CN(S(=O)(=O)c2cccc(C#CCO)c2)CCS1. The zero-order chi connectivity index (χ0) is 14.6. The largest absolute Gasteiger partial charge is 0.384 e. The molecule has 0 spiro atoms. The summed E-state index contributed by atoms with van der Waals surface area (Å²) in [5.41, 5.74) is 0.597. The Hall–Kier alpha value is -1.00. The van der Waals surface area contributed by atoms with Crippen LogP contribution in [-0.4, -0.2) is 48.5 Å². The fourth-order valence-electron chi connectivity index (χ4n) is 2.03. The number of hydrogen-bond donors (Lipinski definition) is 1. The van der Waals surface area contributed by atoms with Gasteiger partial charge in [0.15, 0.2) is 0 Å². The monoisotopic (exact) mass is 311 g/mol. The molecule has 1 saturated heterocycles. The summed E-state index contributed by atoms with van der Waals surface area (Å²) >= 11 is 1.79. The molecule has 1 N–H and O–H groups in total. The van der Waals surface area contributed by atoms with Crippen LogP contribution in [0.15, 0.2) is 29.2 Å². The van der Waals surface area contributed by atoms with E-state index in [1.807, 2.05) is 6.92 Å². The first-order valence-corrected chi connectivity index (χ1v) is 8.84. The van der Waals surface area contributed by atoms with Gasteiger partial charge in [-0.3, -0.25) is 0 Å². The van der Waals surface area contributed by atoms with E-state index in [0.717, 1.165) is 5.75 Å². The van der Waals surface area contributed by atoms with Gasteiger partial charge in [0, 0.05) is 29.7 Å². The minimum Gasteiger partial charge on any atom is -0.384 e. The van der Waals surface area contributed by atoms with Crippen molar-refractivity contribution < 1.29 is 13.5 Å². The van der Waals surface area contributed by atoms with E-state index in [4.69, 9.17) is 5.11 Å². The van der Waals surface area contributed by atoms with Crippen molar-refractivity contribution in [3.63, 3.8) is 0 Å². The Balaban J connectivity index is 2.29. The summed E-state index contributed by atoms with van der Waals surface area (Å²) in [5.74, 6) is 6.08. The van der Waals surface area contributed by atoms with Crippen molar-refractivity contribution in [3.8, 4) is 11.8 Å². The number of rotatable bonds is 2. The summed E-state index contributed by atoms with van der Waals surface area (Å²) in [4.78, 5) is 0.265. The van der Waals surface area contributed by atoms with Gasteiger partial charge in [-0.15, -0.1) is 0 Å². The van der Waals surface area contributed by atoms with Crippen molar-refractivity contribution in [2.45, 2.75) is 17.1 Å². The van der Waals surface area contributed by atoms with Gasteiger partial charge >= 0.3 is 0 Å². The summed E-state index contributed by atoms with van der Waals surface area (Å²) < 4.78 is 26.7. The third-order valence-electron chi connectivity index (χ3n) is 2.99. The van der Waals surface area contributed by atoms with Crippen LogP contribution in [0.25, 0.3) is 0 Å². The number of nitrogens with zero attached hydrogens (tertiary/aromatic N) is 1. The Morgan fingerprint density at radius 2 is 2.30 bits per heavy atom. The maximum absolute atomic E-state index is 12.6. The molecule has 1 fully saturated rings. The second-order valence-electron chi connectivity index (χ2n) is 4.53. The van der Waals surface area contributed by atoms with Crippen LogP contribution in [-0.2, 0) is 10.0 Å². The fraction of sp³-hybridized carbons (Fsp3) is 0.429. The van der Waals surface area contributed by atoms with Gasteiger partial charge in [-0.25, -0.2) is 8.42 Å².